The van der Waals surface area contributed by atoms with Crippen molar-refractivity contribution in [2.75, 3.05) is 5.32 Å². The Balaban J connectivity index is 1.62. The maximum absolute atomic E-state index is 12.5. The lowest BCUT2D eigenvalue weighted by molar-refractivity contribution is -0.121. The molecule has 0 unspecified atom stereocenters. The van der Waals surface area contributed by atoms with Gasteiger partial charge < -0.3 is 16.0 Å². The van der Waals surface area contributed by atoms with Crippen molar-refractivity contribution in [1.82, 2.24) is 10.6 Å². The summed E-state index contributed by atoms with van der Waals surface area (Å²) >= 11 is 23.6. The van der Waals surface area contributed by atoms with Gasteiger partial charge in [-0.05, 0) is 67.0 Å². The van der Waals surface area contributed by atoms with Gasteiger partial charge in [0.05, 0.1) is 17.8 Å². The van der Waals surface area contributed by atoms with Crippen molar-refractivity contribution >= 4 is 75.1 Å². The number of nitrogens with one attached hydrogen (secondary N) is 3. The molecule has 0 heterocycles. The molecular formula is C25H24Cl3N5OS. The van der Waals surface area contributed by atoms with Crippen LogP contribution in [0, 0.1) is 13.8 Å². The summed E-state index contributed by atoms with van der Waals surface area (Å²) in [7, 11) is 0. The van der Waals surface area contributed by atoms with E-state index in [9.17, 15) is 4.79 Å². The average Bonchev–Trinajstić information content (AvgIpc) is 2.79. The molecular weight excluding hydrogens is 525 g/mol. The van der Waals surface area contributed by atoms with Gasteiger partial charge in [0.15, 0.2) is 5.11 Å². The van der Waals surface area contributed by atoms with Crippen LogP contribution in [0.5, 0.6) is 0 Å². The molecule has 0 aliphatic rings. The van der Waals surface area contributed by atoms with Gasteiger partial charge in [-0.3, -0.25) is 4.79 Å². The van der Waals surface area contributed by atoms with Crippen molar-refractivity contribution < 1.29 is 4.79 Å². The van der Waals surface area contributed by atoms with Crippen molar-refractivity contribution in [2.45, 2.75) is 30.2 Å². The maximum atomic E-state index is 12.5. The zero-order chi connectivity index (χ0) is 25.4. The molecule has 1 amide bonds. The topological polar surface area (TPSA) is 77.9 Å². The SMILES string of the molecule is Cc1ccccc1N=Nc1ccc(NC(=S)N[C@@H](NC(=O)Cc2ccccc2)C(Cl)(Cl)Cl)cc1C. The fraction of sp³-hybridized carbons (Fsp3) is 0.200. The summed E-state index contributed by atoms with van der Waals surface area (Å²) in [6, 6.07) is 22.5. The summed E-state index contributed by atoms with van der Waals surface area (Å²) in [6.07, 6.45) is -0.912. The first-order chi connectivity index (χ1) is 16.6. The normalized spacial score (nSPS) is 12.3. The molecule has 0 aliphatic heterocycles. The highest BCUT2D eigenvalue weighted by Gasteiger charge is 2.34. The van der Waals surface area contributed by atoms with Gasteiger partial charge in [-0.1, -0.05) is 83.3 Å². The number of hydrogen-bond donors (Lipinski definition) is 3. The molecule has 3 N–H and O–H groups in total. The number of carbonyl (C=O) groups is 1. The summed E-state index contributed by atoms with van der Waals surface area (Å²) in [5.41, 5.74) is 5.01. The monoisotopic (exact) mass is 547 g/mol. The van der Waals surface area contributed by atoms with Crippen LogP contribution < -0.4 is 16.0 Å². The number of carbonyl (C=O) groups excluding carboxylic acids is 1. The van der Waals surface area contributed by atoms with Gasteiger partial charge in [0.2, 0.25) is 9.70 Å². The van der Waals surface area contributed by atoms with Crippen LogP contribution in [0.3, 0.4) is 0 Å². The Morgan fingerprint density at radius 3 is 2.14 bits per heavy atom. The van der Waals surface area contributed by atoms with E-state index in [0.717, 1.165) is 28.1 Å². The highest BCUT2D eigenvalue weighted by Crippen LogP contribution is 2.30. The summed E-state index contributed by atoms with van der Waals surface area (Å²) in [5.74, 6) is -0.318. The quantitative estimate of drug-likeness (QED) is 0.128. The van der Waals surface area contributed by atoms with Crippen LogP contribution in [-0.4, -0.2) is 21.0 Å². The smallest absolute Gasteiger partial charge is 0.228 e. The third-order valence-corrected chi connectivity index (χ3v) is 5.83. The molecule has 3 rings (SSSR count). The standard InChI is InChI=1S/C25H24Cl3N5OS/c1-16-8-6-7-11-20(16)32-33-21-13-12-19(14-17(21)2)29-24(35)31-23(25(26,27)28)30-22(34)15-18-9-4-3-5-10-18/h3-14,23H,15H2,1-2H3,(H,30,34)(H2,29,31,35)/t23-/m1/s1. The zero-order valence-corrected chi connectivity index (χ0v) is 22.1. The Morgan fingerprint density at radius 2 is 1.51 bits per heavy atom. The lowest BCUT2D eigenvalue weighted by Gasteiger charge is -2.28. The number of rotatable bonds is 7. The Morgan fingerprint density at radius 1 is 0.886 bits per heavy atom. The van der Waals surface area contributed by atoms with Crippen LogP contribution in [0.15, 0.2) is 83.0 Å². The molecule has 35 heavy (non-hydrogen) atoms. The fourth-order valence-electron chi connectivity index (χ4n) is 3.12. The number of aryl methyl sites for hydroxylation is 2. The van der Waals surface area contributed by atoms with Gasteiger partial charge >= 0.3 is 0 Å². The maximum Gasteiger partial charge on any atom is 0.228 e. The number of amides is 1. The number of benzene rings is 3. The van der Waals surface area contributed by atoms with E-state index in [4.69, 9.17) is 47.0 Å². The zero-order valence-electron chi connectivity index (χ0n) is 19.1. The number of thiocarbonyl (C=S) groups is 1. The Hall–Kier alpha value is -2.71. The molecule has 0 aliphatic carbocycles. The Bertz CT molecular complexity index is 1220. The van der Waals surface area contributed by atoms with E-state index in [1.54, 1.807) is 0 Å². The predicted octanol–water partition coefficient (Wildman–Crippen LogP) is 7.06. The van der Waals surface area contributed by atoms with E-state index in [1.165, 1.54) is 0 Å². The Kier molecular flexibility index (Phi) is 9.46. The van der Waals surface area contributed by atoms with Crippen molar-refractivity contribution in [3.63, 3.8) is 0 Å². The van der Waals surface area contributed by atoms with Gasteiger partial charge in [-0.25, -0.2) is 0 Å². The minimum absolute atomic E-state index is 0.137. The molecule has 0 fully saturated rings. The number of azo groups is 1. The van der Waals surface area contributed by atoms with Crippen molar-refractivity contribution in [3.05, 3.63) is 89.5 Å². The van der Waals surface area contributed by atoms with E-state index in [0.29, 0.717) is 5.69 Å². The number of hydrogen-bond acceptors (Lipinski definition) is 4. The second kappa shape index (κ2) is 12.3. The van der Waals surface area contributed by atoms with Gasteiger partial charge in [0.25, 0.3) is 0 Å². The van der Waals surface area contributed by atoms with Crippen molar-refractivity contribution in [2.24, 2.45) is 10.2 Å². The van der Waals surface area contributed by atoms with Crippen LogP contribution in [0.25, 0.3) is 0 Å². The highest BCUT2D eigenvalue weighted by molar-refractivity contribution is 7.80. The number of anilines is 1. The van der Waals surface area contributed by atoms with E-state index >= 15 is 0 Å². The van der Waals surface area contributed by atoms with E-state index < -0.39 is 9.96 Å². The lowest BCUT2D eigenvalue weighted by Crippen LogP contribution is -2.56. The van der Waals surface area contributed by atoms with E-state index in [-0.39, 0.29) is 17.4 Å². The van der Waals surface area contributed by atoms with Crippen molar-refractivity contribution in [1.29, 1.82) is 0 Å². The molecule has 10 heteroatoms. The van der Waals surface area contributed by atoms with E-state index in [2.05, 4.69) is 26.2 Å². The summed E-state index contributed by atoms with van der Waals surface area (Å²) in [6.45, 7) is 3.90. The molecule has 182 valence electrons. The molecule has 0 aromatic heterocycles. The minimum Gasteiger partial charge on any atom is -0.339 e. The second-order valence-corrected chi connectivity index (χ2v) is 10.6. The Labute approximate surface area is 225 Å². The molecule has 6 nitrogen and oxygen atoms in total. The molecule has 1 atom stereocenters. The summed E-state index contributed by atoms with van der Waals surface area (Å²) < 4.78 is -1.84. The van der Waals surface area contributed by atoms with Crippen LogP contribution in [0.2, 0.25) is 0 Å². The van der Waals surface area contributed by atoms with E-state index in [1.807, 2.05) is 86.6 Å². The first kappa shape index (κ1) is 26.9. The fourth-order valence-corrected chi connectivity index (χ4v) is 3.68. The van der Waals surface area contributed by atoms with Crippen molar-refractivity contribution in [3.8, 4) is 0 Å². The number of nitrogens with zero attached hydrogens (tertiary/aromatic N) is 2. The highest BCUT2D eigenvalue weighted by atomic mass is 35.6. The summed E-state index contributed by atoms with van der Waals surface area (Å²) in [5, 5.41) is 17.4. The number of halogens is 3. The molecule has 0 radical (unpaired) electrons. The van der Waals surface area contributed by atoms with Gasteiger partial charge in [0.1, 0.15) is 6.17 Å². The van der Waals surface area contributed by atoms with Crippen LogP contribution in [-0.2, 0) is 11.2 Å². The molecule has 0 saturated heterocycles. The summed E-state index contributed by atoms with van der Waals surface area (Å²) in [4.78, 5) is 12.5. The van der Waals surface area contributed by atoms with Gasteiger partial charge in [-0.2, -0.15) is 10.2 Å². The second-order valence-electron chi connectivity index (χ2n) is 7.79. The largest absolute Gasteiger partial charge is 0.339 e. The first-order valence-electron chi connectivity index (χ1n) is 10.7. The minimum atomic E-state index is -1.84. The van der Waals surface area contributed by atoms with Crippen LogP contribution >= 0.6 is 47.0 Å². The third kappa shape index (κ3) is 8.47. The molecule has 0 saturated carbocycles. The molecule has 3 aromatic rings. The van der Waals surface area contributed by atoms with Gasteiger partial charge in [0, 0.05) is 5.69 Å². The molecule has 0 spiro atoms. The predicted molar refractivity (Wildman–Crippen MR) is 148 cm³/mol. The van der Waals surface area contributed by atoms with Crippen LogP contribution in [0.1, 0.15) is 16.7 Å². The molecule has 0 bridgehead atoms. The lowest BCUT2D eigenvalue weighted by atomic mass is 10.1. The average molecular weight is 549 g/mol. The number of alkyl halides is 3. The first-order valence-corrected chi connectivity index (χ1v) is 12.2. The van der Waals surface area contributed by atoms with Gasteiger partial charge in [-0.15, -0.1) is 0 Å². The van der Waals surface area contributed by atoms with Crippen LogP contribution in [0.4, 0.5) is 17.1 Å². The third-order valence-electron chi connectivity index (χ3n) is 4.95. The molecule has 3 aromatic carbocycles.